The molecule has 6 nitrogen and oxygen atoms in total. The third-order valence-corrected chi connectivity index (χ3v) is 6.53. The number of amides is 1. The quantitative estimate of drug-likeness (QED) is 0.572. The van der Waals surface area contributed by atoms with Crippen molar-refractivity contribution >= 4 is 35.0 Å². The molecule has 3 aromatic rings. The Morgan fingerprint density at radius 1 is 1.20 bits per heavy atom. The van der Waals surface area contributed by atoms with E-state index >= 15 is 0 Å². The standard InChI is InChI=1S/C22H24ClN5OS/c1-3-6-18-25-26-22-28(18)27-19(15-11-9-14(4-2)10-12-15)20(30-22)21(29)24-17-8-5-7-16(23)13-17/h5,7-13,19-20,27H,3-4,6H2,1-2H3,(H,24,29). The third-order valence-electron chi connectivity index (χ3n) is 5.07. The summed E-state index contributed by atoms with van der Waals surface area (Å²) in [5, 5.41) is 12.5. The number of carbonyl (C=O) groups is 1. The van der Waals surface area contributed by atoms with E-state index in [1.807, 2.05) is 16.8 Å². The molecule has 2 atom stereocenters. The molecule has 8 heteroatoms. The van der Waals surface area contributed by atoms with Gasteiger partial charge in [-0.2, -0.15) is 0 Å². The second-order valence-corrected chi connectivity index (χ2v) is 8.77. The fraction of sp³-hybridized carbons (Fsp3) is 0.318. The molecule has 2 heterocycles. The Kier molecular flexibility index (Phi) is 6.29. The molecule has 0 radical (unpaired) electrons. The number of nitrogens with one attached hydrogen (secondary N) is 2. The predicted molar refractivity (Wildman–Crippen MR) is 122 cm³/mol. The molecule has 0 spiro atoms. The largest absolute Gasteiger partial charge is 0.325 e. The third kappa shape index (κ3) is 4.32. The van der Waals surface area contributed by atoms with Crippen LogP contribution in [0.4, 0.5) is 5.69 Å². The van der Waals surface area contributed by atoms with Gasteiger partial charge in [-0.25, -0.2) is 4.68 Å². The van der Waals surface area contributed by atoms with E-state index in [0.717, 1.165) is 30.7 Å². The summed E-state index contributed by atoms with van der Waals surface area (Å²) < 4.78 is 1.93. The van der Waals surface area contributed by atoms with Gasteiger partial charge >= 0.3 is 0 Å². The van der Waals surface area contributed by atoms with Crippen molar-refractivity contribution in [3.8, 4) is 0 Å². The van der Waals surface area contributed by atoms with Crippen molar-refractivity contribution in [1.29, 1.82) is 0 Å². The Morgan fingerprint density at radius 3 is 2.70 bits per heavy atom. The number of hydrogen-bond donors (Lipinski definition) is 2. The van der Waals surface area contributed by atoms with Crippen molar-refractivity contribution in [3.63, 3.8) is 0 Å². The zero-order valence-corrected chi connectivity index (χ0v) is 18.5. The number of carbonyl (C=O) groups excluding carboxylic acids is 1. The lowest BCUT2D eigenvalue weighted by Gasteiger charge is -2.33. The predicted octanol–water partition coefficient (Wildman–Crippen LogP) is 4.84. The van der Waals surface area contributed by atoms with Gasteiger partial charge in [-0.15, -0.1) is 10.2 Å². The van der Waals surface area contributed by atoms with Crippen LogP contribution >= 0.6 is 23.4 Å². The Bertz CT molecular complexity index is 1040. The van der Waals surface area contributed by atoms with Crippen LogP contribution in [0.25, 0.3) is 0 Å². The Morgan fingerprint density at radius 2 is 2.00 bits per heavy atom. The van der Waals surface area contributed by atoms with Crippen LogP contribution in [0.5, 0.6) is 0 Å². The number of benzene rings is 2. The van der Waals surface area contributed by atoms with Crippen molar-refractivity contribution in [2.45, 2.75) is 49.6 Å². The normalized spacial score (nSPS) is 17.8. The molecule has 1 amide bonds. The summed E-state index contributed by atoms with van der Waals surface area (Å²) in [6.07, 6.45) is 2.77. The maximum Gasteiger partial charge on any atom is 0.240 e. The highest BCUT2D eigenvalue weighted by Crippen LogP contribution is 2.38. The van der Waals surface area contributed by atoms with Crippen molar-refractivity contribution in [2.75, 3.05) is 10.7 Å². The number of anilines is 1. The summed E-state index contributed by atoms with van der Waals surface area (Å²) in [5.74, 6) is 0.773. The first kappa shape index (κ1) is 20.8. The molecule has 2 unspecified atom stereocenters. The summed E-state index contributed by atoms with van der Waals surface area (Å²) in [6.45, 7) is 4.24. The number of thioether (sulfide) groups is 1. The average molecular weight is 442 g/mol. The summed E-state index contributed by atoms with van der Waals surface area (Å²) in [6, 6.07) is 15.4. The van der Waals surface area contributed by atoms with Crippen LogP contribution in [0.15, 0.2) is 53.7 Å². The van der Waals surface area contributed by atoms with Crippen LogP contribution < -0.4 is 10.7 Å². The summed E-state index contributed by atoms with van der Waals surface area (Å²) in [5.41, 5.74) is 6.48. The molecular weight excluding hydrogens is 418 g/mol. The molecule has 0 bridgehead atoms. The van der Waals surface area contributed by atoms with Gasteiger partial charge < -0.3 is 10.7 Å². The molecule has 156 valence electrons. The maximum atomic E-state index is 13.3. The highest BCUT2D eigenvalue weighted by molar-refractivity contribution is 8.00. The first-order valence-electron chi connectivity index (χ1n) is 10.1. The van der Waals surface area contributed by atoms with Crippen LogP contribution in [0.3, 0.4) is 0 Å². The number of nitrogens with zero attached hydrogens (tertiary/aromatic N) is 3. The molecule has 2 N–H and O–H groups in total. The fourth-order valence-corrected chi connectivity index (χ4v) is 4.76. The maximum absolute atomic E-state index is 13.3. The minimum Gasteiger partial charge on any atom is -0.325 e. The monoisotopic (exact) mass is 441 g/mol. The van der Waals surface area contributed by atoms with Crippen LogP contribution in [-0.2, 0) is 17.6 Å². The number of fused-ring (bicyclic) bond motifs is 1. The zero-order chi connectivity index (χ0) is 21.1. The summed E-state index contributed by atoms with van der Waals surface area (Å²) in [4.78, 5) is 13.3. The Labute approximate surface area is 185 Å². The molecule has 30 heavy (non-hydrogen) atoms. The van der Waals surface area contributed by atoms with Crippen LogP contribution in [0.1, 0.15) is 43.3 Å². The van der Waals surface area contributed by atoms with Gasteiger partial charge in [-0.05, 0) is 42.2 Å². The van der Waals surface area contributed by atoms with Crippen LogP contribution in [-0.4, -0.2) is 26.0 Å². The Hall–Kier alpha value is -2.51. The SMILES string of the molecule is CCCc1nnc2n1NC(c1ccc(CC)cc1)C(C(=O)Nc1cccc(Cl)c1)S2. The highest BCUT2D eigenvalue weighted by atomic mass is 35.5. The minimum absolute atomic E-state index is 0.106. The van der Waals surface area contributed by atoms with Gasteiger partial charge in [0.05, 0.1) is 6.04 Å². The van der Waals surface area contributed by atoms with Crippen LogP contribution in [0, 0.1) is 0 Å². The van der Waals surface area contributed by atoms with Crippen LogP contribution in [0.2, 0.25) is 5.02 Å². The van der Waals surface area contributed by atoms with E-state index < -0.39 is 5.25 Å². The zero-order valence-electron chi connectivity index (χ0n) is 16.9. The van der Waals surface area contributed by atoms with Gasteiger partial charge in [-0.1, -0.05) is 67.5 Å². The molecule has 0 fully saturated rings. The van der Waals surface area contributed by atoms with Gasteiger partial charge in [0.2, 0.25) is 11.1 Å². The van der Waals surface area contributed by atoms with Gasteiger partial charge in [0.15, 0.2) is 5.82 Å². The van der Waals surface area contributed by atoms with E-state index in [0.29, 0.717) is 15.9 Å². The number of rotatable bonds is 6. The number of aromatic nitrogens is 3. The molecule has 1 aromatic heterocycles. The Balaban J connectivity index is 1.66. The van der Waals surface area contributed by atoms with Crippen molar-refractivity contribution < 1.29 is 4.79 Å². The fourth-order valence-electron chi connectivity index (χ4n) is 3.47. The molecule has 2 aromatic carbocycles. The lowest BCUT2D eigenvalue weighted by molar-refractivity contribution is -0.116. The van der Waals surface area contributed by atoms with Gasteiger partial charge in [0.1, 0.15) is 5.25 Å². The van der Waals surface area contributed by atoms with Gasteiger partial charge in [-0.3, -0.25) is 4.79 Å². The van der Waals surface area contributed by atoms with Gasteiger partial charge in [0.25, 0.3) is 0 Å². The number of hydrogen-bond acceptors (Lipinski definition) is 5. The minimum atomic E-state index is -0.414. The summed E-state index contributed by atoms with van der Waals surface area (Å²) >= 11 is 7.51. The molecule has 0 saturated carbocycles. The van der Waals surface area contributed by atoms with E-state index in [4.69, 9.17) is 11.6 Å². The molecule has 0 aliphatic carbocycles. The second-order valence-electron chi connectivity index (χ2n) is 7.22. The number of halogens is 1. The van der Waals surface area contributed by atoms with E-state index in [-0.39, 0.29) is 11.9 Å². The topological polar surface area (TPSA) is 71.8 Å². The first-order valence-corrected chi connectivity index (χ1v) is 11.4. The second kappa shape index (κ2) is 9.10. The lowest BCUT2D eigenvalue weighted by atomic mass is 10.0. The van der Waals surface area contributed by atoms with E-state index in [1.165, 1.54) is 17.3 Å². The molecular formula is C22H24ClN5OS. The van der Waals surface area contributed by atoms with E-state index in [1.54, 1.807) is 12.1 Å². The van der Waals surface area contributed by atoms with Crippen molar-refractivity contribution in [1.82, 2.24) is 14.9 Å². The van der Waals surface area contributed by atoms with E-state index in [2.05, 4.69) is 59.1 Å². The molecule has 1 aliphatic heterocycles. The van der Waals surface area contributed by atoms with Gasteiger partial charge in [0, 0.05) is 17.1 Å². The van der Waals surface area contributed by atoms with Crippen molar-refractivity contribution in [2.24, 2.45) is 0 Å². The van der Waals surface area contributed by atoms with E-state index in [9.17, 15) is 4.79 Å². The highest BCUT2D eigenvalue weighted by Gasteiger charge is 2.37. The molecule has 0 saturated heterocycles. The number of aryl methyl sites for hydroxylation is 2. The van der Waals surface area contributed by atoms with Crippen molar-refractivity contribution in [3.05, 3.63) is 70.5 Å². The first-order chi connectivity index (χ1) is 14.6. The smallest absolute Gasteiger partial charge is 0.240 e. The lowest BCUT2D eigenvalue weighted by Crippen LogP contribution is -2.41. The average Bonchev–Trinajstić information content (AvgIpc) is 3.15. The molecule has 4 rings (SSSR count). The summed E-state index contributed by atoms with van der Waals surface area (Å²) in [7, 11) is 0. The molecule has 1 aliphatic rings.